The fourth-order valence-corrected chi connectivity index (χ4v) is 4.73. The third kappa shape index (κ3) is 2.52. The van der Waals surface area contributed by atoms with Gasteiger partial charge in [0.15, 0.2) is 11.5 Å². The maximum absolute atomic E-state index is 6.57. The van der Waals surface area contributed by atoms with Crippen molar-refractivity contribution < 1.29 is 14.2 Å². The lowest BCUT2D eigenvalue weighted by atomic mass is 9.74. The van der Waals surface area contributed by atoms with Crippen LogP contribution >= 0.6 is 0 Å². The van der Waals surface area contributed by atoms with E-state index in [0.29, 0.717) is 12.0 Å². The fourth-order valence-electron chi connectivity index (χ4n) is 4.73. The van der Waals surface area contributed by atoms with Crippen molar-refractivity contribution >= 4 is 0 Å². The molecule has 1 fully saturated rings. The molecule has 0 aromatic heterocycles. The molecule has 0 saturated carbocycles. The number of fused-ring (bicyclic) bond motifs is 5. The summed E-state index contributed by atoms with van der Waals surface area (Å²) in [5, 5.41) is 0. The van der Waals surface area contributed by atoms with Crippen molar-refractivity contribution in [2.24, 2.45) is 5.92 Å². The van der Waals surface area contributed by atoms with Gasteiger partial charge < -0.3 is 14.2 Å². The first-order valence-electron chi connectivity index (χ1n) is 9.50. The van der Waals surface area contributed by atoms with Gasteiger partial charge in [-0.15, -0.1) is 0 Å². The standard InChI is InChI=1S/C21H30O3/c1-6-7-14-9-11-16-18(22-14)15-10-8-13-12-20(2,3)23-17(13)19(15)24-21(16,4)5/h8,10,14,16,18H,6-7,9,11-12H2,1-5H3/t14-,16-,18+/m1/s1. The van der Waals surface area contributed by atoms with E-state index in [-0.39, 0.29) is 17.3 Å². The molecule has 1 aromatic carbocycles. The van der Waals surface area contributed by atoms with Gasteiger partial charge in [0.2, 0.25) is 0 Å². The summed E-state index contributed by atoms with van der Waals surface area (Å²) in [6, 6.07) is 4.44. The maximum atomic E-state index is 6.57. The molecule has 1 saturated heterocycles. The molecule has 0 N–H and O–H groups in total. The zero-order valence-corrected chi connectivity index (χ0v) is 15.6. The molecule has 3 aliphatic heterocycles. The highest BCUT2D eigenvalue weighted by Crippen LogP contribution is 2.56. The summed E-state index contributed by atoms with van der Waals surface area (Å²) in [7, 11) is 0. The van der Waals surface area contributed by atoms with Crippen LogP contribution in [0, 0.1) is 5.92 Å². The molecule has 0 unspecified atom stereocenters. The van der Waals surface area contributed by atoms with Gasteiger partial charge in [0.1, 0.15) is 11.2 Å². The Morgan fingerprint density at radius 3 is 2.58 bits per heavy atom. The van der Waals surface area contributed by atoms with Gasteiger partial charge in [-0.25, -0.2) is 0 Å². The van der Waals surface area contributed by atoms with E-state index in [1.807, 2.05) is 0 Å². The summed E-state index contributed by atoms with van der Waals surface area (Å²) in [4.78, 5) is 0. The van der Waals surface area contributed by atoms with Gasteiger partial charge in [-0.3, -0.25) is 0 Å². The van der Waals surface area contributed by atoms with Crippen molar-refractivity contribution in [1.29, 1.82) is 0 Å². The Balaban J connectivity index is 1.75. The summed E-state index contributed by atoms with van der Waals surface area (Å²) < 4.78 is 19.3. The molecule has 3 nitrogen and oxygen atoms in total. The normalized spacial score (nSPS) is 32.1. The highest BCUT2D eigenvalue weighted by molar-refractivity contribution is 5.57. The van der Waals surface area contributed by atoms with Crippen LogP contribution in [0.2, 0.25) is 0 Å². The SMILES string of the molecule is CCC[C@@H]1CC[C@@H]2[C@@H](O1)c1ccc3c(c1OC2(C)C)OC(C)(C)C3. The van der Waals surface area contributed by atoms with E-state index in [2.05, 4.69) is 46.8 Å². The van der Waals surface area contributed by atoms with E-state index in [1.165, 1.54) is 24.0 Å². The van der Waals surface area contributed by atoms with Gasteiger partial charge in [0, 0.05) is 23.5 Å². The predicted molar refractivity (Wildman–Crippen MR) is 94.8 cm³/mol. The van der Waals surface area contributed by atoms with Crippen molar-refractivity contribution in [3.63, 3.8) is 0 Å². The third-order valence-corrected chi connectivity index (χ3v) is 5.90. The van der Waals surface area contributed by atoms with Crippen LogP contribution in [-0.2, 0) is 11.2 Å². The minimum absolute atomic E-state index is 0.131. The third-order valence-electron chi connectivity index (χ3n) is 5.90. The van der Waals surface area contributed by atoms with Crippen LogP contribution in [0.25, 0.3) is 0 Å². The molecular formula is C21H30O3. The summed E-state index contributed by atoms with van der Waals surface area (Å²) in [6.07, 6.45) is 6.09. The average molecular weight is 330 g/mol. The summed E-state index contributed by atoms with van der Waals surface area (Å²) in [6.45, 7) is 10.9. The second-order valence-corrected chi connectivity index (χ2v) is 8.87. The minimum Gasteiger partial charge on any atom is -0.483 e. The second kappa shape index (κ2) is 5.39. The molecule has 132 valence electrons. The Bertz CT molecular complexity index is 647. The molecular weight excluding hydrogens is 300 g/mol. The first kappa shape index (κ1) is 16.3. The fraction of sp³-hybridized carbons (Fsp3) is 0.714. The van der Waals surface area contributed by atoms with E-state index < -0.39 is 0 Å². The molecule has 0 aliphatic carbocycles. The van der Waals surface area contributed by atoms with Gasteiger partial charge in [0.25, 0.3) is 0 Å². The molecule has 3 atom stereocenters. The van der Waals surface area contributed by atoms with E-state index in [0.717, 1.165) is 30.8 Å². The Morgan fingerprint density at radius 1 is 1.04 bits per heavy atom. The van der Waals surface area contributed by atoms with Crippen LogP contribution in [-0.4, -0.2) is 17.3 Å². The molecule has 3 heteroatoms. The van der Waals surface area contributed by atoms with Crippen molar-refractivity contribution in [2.45, 2.75) is 90.1 Å². The van der Waals surface area contributed by atoms with Gasteiger partial charge in [-0.1, -0.05) is 25.5 Å². The molecule has 0 radical (unpaired) electrons. The Morgan fingerprint density at radius 2 is 1.83 bits per heavy atom. The van der Waals surface area contributed by atoms with E-state index in [9.17, 15) is 0 Å². The first-order valence-corrected chi connectivity index (χ1v) is 9.50. The average Bonchev–Trinajstić information content (AvgIpc) is 2.82. The highest BCUT2D eigenvalue weighted by Gasteiger charge is 2.49. The number of hydrogen-bond acceptors (Lipinski definition) is 3. The molecule has 0 amide bonds. The quantitative estimate of drug-likeness (QED) is 0.745. The molecule has 1 aromatic rings. The van der Waals surface area contributed by atoms with Crippen LogP contribution < -0.4 is 9.47 Å². The van der Waals surface area contributed by atoms with E-state index in [1.54, 1.807) is 0 Å². The molecule has 3 heterocycles. The van der Waals surface area contributed by atoms with Crippen molar-refractivity contribution in [1.82, 2.24) is 0 Å². The van der Waals surface area contributed by atoms with Crippen LogP contribution in [0.15, 0.2) is 12.1 Å². The molecule has 4 rings (SSSR count). The lowest BCUT2D eigenvalue weighted by Crippen LogP contribution is -2.48. The number of ether oxygens (including phenoxy) is 3. The van der Waals surface area contributed by atoms with E-state index in [4.69, 9.17) is 14.2 Å². The van der Waals surface area contributed by atoms with Crippen LogP contribution in [0.5, 0.6) is 11.5 Å². The Labute approximate surface area is 145 Å². The Hall–Kier alpha value is -1.22. The zero-order chi connectivity index (χ0) is 17.1. The predicted octanol–water partition coefficient (Wildman–Crippen LogP) is 5.21. The van der Waals surface area contributed by atoms with Crippen molar-refractivity contribution in [2.75, 3.05) is 0 Å². The largest absolute Gasteiger partial charge is 0.483 e. The number of rotatable bonds is 2. The van der Waals surface area contributed by atoms with E-state index >= 15 is 0 Å². The molecule has 24 heavy (non-hydrogen) atoms. The smallest absolute Gasteiger partial charge is 0.168 e. The van der Waals surface area contributed by atoms with Crippen LogP contribution in [0.4, 0.5) is 0 Å². The second-order valence-electron chi connectivity index (χ2n) is 8.87. The van der Waals surface area contributed by atoms with Gasteiger partial charge in [-0.2, -0.15) is 0 Å². The topological polar surface area (TPSA) is 27.7 Å². The zero-order valence-electron chi connectivity index (χ0n) is 15.6. The van der Waals surface area contributed by atoms with Crippen LogP contribution in [0.1, 0.15) is 77.5 Å². The monoisotopic (exact) mass is 330 g/mol. The van der Waals surface area contributed by atoms with Gasteiger partial charge >= 0.3 is 0 Å². The van der Waals surface area contributed by atoms with Crippen molar-refractivity contribution in [3.05, 3.63) is 23.3 Å². The summed E-state index contributed by atoms with van der Waals surface area (Å²) in [5.41, 5.74) is 2.07. The number of hydrogen-bond donors (Lipinski definition) is 0. The lowest BCUT2D eigenvalue weighted by Gasteiger charge is -2.49. The highest BCUT2D eigenvalue weighted by atomic mass is 16.6. The maximum Gasteiger partial charge on any atom is 0.168 e. The summed E-state index contributed by atoms with van der Waals surface area (Å²) in [5.74, 6) is 2.29. The molecule has 3 aliphatic rings. The molecule has 0 bridgehead atoms. The van der Waals surface area contributed by atoms with Gasteiger partial charge in [-0.05, 0) is 47.0 Å². The van der Waals surface area contributed by atoms with Crippen molar-refractivity contribution in [3.8, 4) is 11.5 Å². The molecule has 0 spiro atoms. The minimum atomic E-state index is -0.222. The lowest BCUT2D eigenvalue weighted by molar-refractivity contribution is -0.151. The van der Waals surface area contributed by atoms with Gasteiger partial charge in [0.05, 0.1) is 12.2 Å². The number of benzene rings is 1. The first-order chi connectivity index (χ1) is 11.3. The Kier molecular flexibility index (Phi) is 3.65. The van der Waals surface area contributed by atoms with Crippen LogP contribution in [0.3, 0.4) is 0 Å². The summed E-state index contributed by atoms with van der Waals surface area (Å²) >= 11 is 0.